The number of carbonyl (C=O) groups excluding carboxylic acids is 1. The van der Waals surface area contributed by atoms with Gasteiger partial charge in [0, 0.05) is 23.9 Å². The van der Waals surface area contributed by atoms with E-state index in [0.29, 0.717) is 24.3 Å². The van der Waals surface area contributed by atoms with Gasteiger partial charge in [-0.3, -0.25) is 14.9 Å². The highest BCUT2D eigenvalue weighted by molar-refractivity contribution is 6.31. The van der Waals surface area contributed by atoms with Gasteiger partial charge in [-0.15, -0.1) is 0 Å². The number of ketones is 1. The van der Waals surface area contributed by atoms with E-state index < -0.39 is 11.5 Å². The smallest absolute Gasteiger partial charge is 0.303 e. The highest BCUT2D eigenvalue weighted by Gasteiger charge is 2.43. The zero-order valence-electron chi connectivity index (χ0n) is 12.8. The van der Waals surface area contributed by atoms with Crippen LogP contribution in [0.3, 0.4) is 0 Å². The van der Waals surface area contributed by atoms with Crippen LogP contribution < -0.4 is 5.32 Å². The number of carboxylic acid groups (broad SMARTS) is 1. The monoisotopic (exact) mass is 323 g/mol. The van der Waals surface area contributed by atoms with E-state index in [4.69, 9.17) is 16.7 Å². The molecule has 0 aromatic heterocycles. The van der Waals surface area contributed by atoms with Gasteiger partial charge in [0.05, 0.1) is 0 Å². The Labute approximate surface area is 135 Å². The Balaban J connectivity index is 2.29. The lowest BCUT2D eigenvalue weighted by molar-refractivity contribution is -0.137. The largest absolute Gasteiger partial charge is 0.481 e. The fourth-order valence-electron chi connectivity index (χ4n) is 3.18. The number of hydrogen-bond donors (Lipinski definition) is 2. The minimum absolute atomic E-state index is 0.0746. The van der Waals surface area contributed by atoms with Gasteiger partial charge in [0.25, 0.3) is 0 Å². The zero-order chi connectivity index (χ0) is 16.2. The molecular weight excluding hydrogens is 302 g/mol. The number of nitrogens with one attached hydrogen (secondary N) is 1. The number of halogens is 1. The van der Waals surface area contributed by atoms with Gasteiger partial charge in [0.1, 0.15) is 5.54 Å². The number of Topliss-reactive ketones (excluding diaryl/α,β-unsaturated/α-hetero) is 1. The highest BCUT2D eigenvalue weighted by atomic mass is 35.5. The van der Waals surface area contributed by atoms with E-state index in [0.717, 1.165) is 18.4 Å². The summed E-state index contributed by atoms with van der Waals surface area (Å²) in [5.74, 6) is -0.676. The lowest BCUT2D eigenvalue weighted by atomic mass is 9.75. The predicted octanol–water partition coefficient (Wildman–Crippen LogP) is 3.52. The Kier molecular flexibility index (Phi) is 5.59. The molecule has 0 heterocycles. The number of carboxylic acids is 1. The maximum Gasteiger partial charge on any atom is 0.303 e. The van der Waals surface area contributed by atoms with Crippen molar-refractivity contribution in [3.8, 4) is 0 Å². The number of carbonyl (C=O) groups is 2. The first-order valence-corrected chi connectivity index (χ1v) is 8.11. The molecule has 1 aliphatic rings. The van der Waals surface area contributed by atoms with E-state index in [1.807, 2.05) is 25.1 Å². The molecule has 5 heteroatoms. The van der Waals surface area contributed by atoms with Crippen molar-refractivity contribution in [2.45, 2.75) is 57.0 Å². The van der Waals surface area contributed by atoms with Gasteiger partial charge in [-0.05, 0) is 37.8 Å². The number of hydrogen-bond acceptors (Lipinski definition) is 3. The molecular formula is C17H22ClNO3. The number of aliphatic carboxylic acids is 1. The Morgan fingerprint density at radius 2 is 2.14 bits per heavy atom. The van der Waals surface area contributed by atoms with Crippen molar-refractivity contribution in [3.63, 3.8) is 0 Å². The first kappa shape index (κ1) is 17.0. The second-order valence-electron chi connectivity index (χ2n) is 5.99. The predicted molar refractivity (Wildman–Crippen MR) is 86.1 cm³/mol. The van der Waals surface area contributed by atoms with E-state index in [2.05, 4.69) is 5.32 Å². The molecule has 1 aliphatic carbocycles. The molecule has 4 nitrogen and oxygen atoms in total. The molecule has 0 amide bonds. The summed E-state index contributed by atoms with van der Waals surface area (Å²) in [6.45, 7) is 1.92. The van der Waals surface area contributed by atoms with Gasteiger partial charge in [-0.1, -0.05) is 36.2 Å². The molecule has 2 unspecified atom stereocenters. The molecule has 1 aromatic carbocycles. The lowest BCUT2D eigenvalue weighted by Crippen LogP contribution is -2.54. The SMILES string of the molecule is CC(CCC(=O)O)NC1(c2ccccc2Cl)CCCCC1=O. The van der Waals surface area contributed by atoms with Gasteiger partial charge >= 0.3 is 5.97 Å². The minimum Gasteiger partial charge on any atom is -0.481 e. The fraction of sp³-hybridized carbons (Fsp3) is 0.529. The van der Waals surface area contributed by atoms with Gasteiger partial charge in [0.2, 0.25) is 0 Å². The standard InChI is InChI=1S/C17H22ClNO3/c1-12(9-10-16(21)22)19-17(11-5-4-8-15(17)20)13-6-2-3-7-14(13)18/h2-3,6-7,12,19H,4-5,8-11H2,1H3,(H,21,22). The van der Waals surface area contributed by atoms with Crippen LogP contribution in [0.5, 0.6) is 0 Å². The van der Waals surface area contributed by atoms with Crippen molar-refractivity contribution < 1.29 is 14.7 Å². The molecule has 1 aromatic rings. The summed E-state index contributed by atoms with van der Waals surface area (Å²) in [4.78, 5) is 23.5. The molecule has 0 bridgehead atoms. The summed E-state index contributed by atoms with van der Waals surface area (Å²) in [5.41, 5.74) is 0.0256. The summed E-state index contributed by atoms with van der Waals surface area (Å²) in [7, 11) is 0. The Morgan fingerprint density at radius 1 is 1.41 bits per heavy atom. The summed E-state index contributed by atoms with van der Waals surface area (Å²) in [6.07, 6.45) is 3.65. The normalized spacial score (nSPS) is 23.3. The molecule has 0 aliphatic heterocycles. The van der Waals surface area contributed by atoms with Gasteiger partial charge < -0.3 is 5.11 Å². The van der Waals surface area contributed by atoms with E-state index in [1.165, 1.54) is 0 Å². The summed E-state index contributed by atoms with van der Waals surface area (Å²) in [5, 5.41) is 12.8. The van der Waals surface area contributed by atoms with Crippen LogP contribution in [0.15, 0.2) is 24.3 Å². The maximum atomic E-state index is 12.7. The van der Waals surface area contributed by atoms with Crippen molar-refractivity contribution >= 4 is 23.4 Å². The fourth-order valence-corrected chi connectivity index (χ4v) is 3.48. The van der Waals surface area contributed by atoms with E-state index in [9.17, 15) is 9.59 Å². The molecule has 0 saturated heterocycles. The van der Waals surface area contributed by atoms with Crippen molar-refractivity contribution in [2.24, 2.45) is 0 Å². The van der Waals surface area contributed by atoms with E-state index in [1.54, 1.807) is 6.07 Å². The third-order valence-electron chi connectivity index (χ3n) is 4.30. The molecule has 2 N–H and O–H groups in total. The number of rotatable bonds is 6. The lowest BCUT2D eigenvalue weighted by Gasteiger charge is -2.40. The Morgan fingerprint density at radius 3 is 2.77 bits per heavy atom. The molecule has 0 spiro atoms. The first-order chi connectivity index (χ1) is 10.5. The summed E-state index contributed by atoms with van der Waals surface area (Å²) in [6, 6.07) is 7.34. The molecule has 1 fully saturated rings. The summed E-state index contributed by atoms with van der Waals surface area (Å²) >= 11 is 6.34. The van der Waals surface area contributed by atoms with Crippen molar-refractivity contribution in [1.82, 2.24) is 5.32 Å². The van der Waals surface area contributed by atoms with Crippen molar-refractivity contribution in [2.75, 3.05) is 0 Å². The van der Waals surface area contributed by atoms with Crippen LogP contribution in [0, 0.1) is 0 Å². The average Bonchev–Trinajstić information content (AvgIpc) is 2.48. The van der Waals surface area contributed by atoms with Crippen LogP contribution in [-0.4, -0.2) is 22.9 Å². The van der Waals surface area contributed by atoms with E-state index in [-0.39, 0.29) is 18.2 Å². The van der Waals surface area contributed by atoms with Crippen LogP contribution >= 0.6 is 11.6 Å². The van der Waals surface area contributed by atoms with E-state index >= 15 is 0 Å². The zero-order valence-corrected chi connectivity index (χ0v) is 13.5. The average molecular weight is 324 g/mol. The van der Waals surface area contributed by atoms with Crippen molar-refractivity contribution in [1.29, 1.82) is 0 Å². The molecule has 2 atom stereocenters. The second-order valence-corrected chi connectivity index (χ2v) is 6.40. The third-order valence-corrected chi connectivity index (χ3v) is 4.63. The molecule has 22 heavy (non-hydrogen) atoms. The van der Waals surface area contributed by atoms with Crippen LogP contribution in [0.2, 0.25) is 5.02 Å². The quantitative estimate of drug-likeness (QED) is 0.840. The Hall–Kier alpha value is -1.39. The third kappa shape index (κ3) is 3.68. The maximum absolute atomic E-state index is 12.7. The van der Waals surface area contributed by atoms with Gasteiger partial charge in [-0.2, -0.15) is 0 Å². The molecule has 0 radical (unpaired) electrons. The van der Waals surface area contributed by atoms with Gasteiger partial charge in [-0.25, -0.2) is 0 Å². The van der Waals surface area contributed by atoms with Crippen LogP contribution in [0.4, 0.5) is 0 Å². The second kappa shape index (κ2) is 7.25. The number of benzene rings is 1. The van der Waals surface area contributed by atoms with Crippen LogP contribution in [0.25, 0.3) is 0 Å². The Bertz CT molecular complexity index is 561. The van der Waals surface area contributed by atoms with Gasteiger partial charge in [0.15, 0.2) is 5.78 Å². The van der Waals surface area contributed by atoms with Crippen LogP contribution in [-0.2, 0) is 15.1 Å². The van der Waals surface area contributed by atoms with Crippen molar-refractivity contribution in [3.05, 3.63) is 34.9 Å². The van der Waals surface area contributed by atoms with Crippen LogP contribution in [0.1, 0.15) is 51.0 Å². The highest BCUT2D eigenvalue weighted by Crippen LogP contribution is 2.38. The molecule has 2 rings (SSSR count). The topological polar surface area (TPSA) is 66.4 Å². The first-order valence-electron chi connectivity index (χ1n) is 7.73. The summed E-state index contributed by atoms with van der Waals surface area (Å²) < 4.78 is 0. The molecule has 1 saturated carbocycles. The minimum atomic E-state index is -0.824. The molecule has 120 valence electrons.